The number of aryl methyl sites for hydroxylation is 1. The largest absolute Gasteiger partial charge is 0.349 e. The van der Waals surface area contributed by atoms with Gasteiger partial charge in [-0.25, -0.2) is 4.98 Å². The van der Waals surface area contributed by atoms with Crippen molar-refractivity contribution in [3.05, 3.63) is 18.2 Å². The van der Waals surface area contributed by atoms with Crippen LogP contribution in [-0.2, 0) is 6.42 Å². The molecule has 10 heavy (non-hydrogen) atoms. The van der Waals surface area contributed by atoms with Gasteiger partial charge in [-0.1, -0.05) is 13.3 Å². The van der Waals surface area contributed by atoms with Crippen LogP contribution in [0, 0.1) is 0 Å². The molecule has 0 aliphatic rings. The number of halogens is 1. The number of H-pyrrole nitrogens is 1. The summed E-state index contributed by atoms with van der Waals surface area (Å²) in [6.45, 7) is 2.18. The van der Waals surface area contributed by atoms with Gasteiger partial charge in [-0.15, -0.1) is 0 Å². The number of aromatic nitrogens is 2. The van der Waals surface area contributed by atoms with Crippen molar-refractivity contribution < 1.29 is 4.70 Å². The van der Waals surface area contributed by atoms with E-state index in [4.69, 9.17) is 0 Å². The van der Waals surface area contributed by atoms with E-state index in [1.807, 2.05) is 6.20 Å². The third-order valence-corrected chi connectivity index (χ3v) is 1.32. The Balaban J connectivity index is 0.000000810. The average molecular weight is 144 g/mol. The Labute approximate surface area is 60.0 Å². The fourth-order valence-electron chi connectivity index (χ4n) is 0.779. The van der Waals surface area contributed by atoms with Crippen molar-refractivity contribution >= 4 is 0 Å². The first-order valence-electron chi connectivity index (χ1n) is 3.41. The second-order valence-electron chi connectivity index (χ2n) is 2.14. The Morgan fingerprint density at radius 2 is 2.40 bits per heavy atom. The molecule has 0 bridgehead atoms. The van der Waals surface area contributed by atoms with Crippen LogP contribution in [0.25, 0.3) is 0 Å². The summed E-state index contributed by atoms with van der Waals surface area (Å²) in [6.07, 6.45) is 7.22. The third-order valence-electron chi connectivity index (χ3n) is 1.32. The predicted octanol–water partition coefficient (Wildman–Crippen LogP) is 1.90. The van der Waals surface area contributed by atoms with Crippen molar-refractivity contribution in [1.29, 1.82) is 0 Å². The molecule has 0 unspecified atom stereocenters. The molecule has 0 aliphatic carbocycles. The van der Waals surface area contributed by atoms with E-state index in [0.29, 0.717) is 0 Å². The molecule has 0 amide bonds. The molecule has 1 heterocycles. The molecule has 0 aliphatic heterocycles. The topological polar surface area (TPSA) is 28.7 Å². The molecule has 1 aromatic rings. The number of aromatic amines is 1. The molecule has 1 rings (SSSR count). The Morgan fingerprint density at radius 1 is 1.60 bits per heavy atom. The van der Waals surface area contributed by atoms with Crippen molar-refractivity contribution in [3.8, 4) is 0 Å². The summed E-state index contributed by atoms with van der Waals surface area (Å²) < 4.78 is 0. The minimum atomic E-state index is 0. The van der Waals surface area contributed by atoms with Crippen LogP contribution in [0.3, 0.4) is 0 Å². The minimum Gasteiger partial charge on any atom is -0.349 e. The van der Waals surface area contributed by atoms with Gasteiger partial charge in [0.15, 0.2) is 0 Å². The Morgan fingerprint density at radius 3 is 2.90 bits per heavy atom. The van der Waals surface area contributed by atoms with Gasteiger partial charge in [0.2, 0.25) is 0 Å². The summed E-state index contributed by atoms with van der Waals surface area (Å²) in [4.78, 5) is 7.16. The molecule has 0 fully saturated rings. The smallest absolute Gasteiger partial charge is 0.105 e. The fraction of sp³-hybridized carbons (Fsp3) is 0.571. The maximum atomic E-state index is 4.10. The van der Waals surface area contributed by atoms with Gasteiger partial charge in [0, 0.05) is 18.8 Å². The molecular formula is C7H13FN2. The van der Waals surface area contributed by atoms with Gasteiger partial charge in [-0.2, -0.15) is 0 Å². The standard InChI is InChI=1S/C7H12N2.FH/c1-2-3-4-7-8-5-6-9-7;/h5-6H,2-4H2,1H3,(H,8,9);1H. The van der Waals surface area contributed by atoms with Crippen LogP contribution in [0.4, 0.5) is 4.70 Å². The molecule has 3 heteroatoms. The second-order valence-corrected chi connectivity index (χ2v) is 2.14. The molecule has 58 valence electrons. The molecule has 1 aromatic heterocycles. The molecule has 0 atom stereocenters. The highest BCUT2D eigenvalue weighted by atomic mass is 19.0. The van der Waals surface area contributed by atoms with Crippen LogP contribution < -0.4 is 0 Å². The summed E-state index contributed by atoms with van der Waals surface area (Å²) in [5.41, 5.74) is 0. The lowest BCUT2D eigenvalue weighted by atomic mass is 10.2. The van der Waals surface area contributed by atoms with Gasteiger partial charge in [0.25, 0.3) is 0 Å². The zero-order valence-corrected chi connectivity index (χ0v) is 6.13. The lowest BCUT2D eigenvalue weighted by molar-refractivity contribution is 0.762. The zero-order valence-electron chi connectivity index (χ0n) is 6.13. The van der Waals surface area contributed by atoms with Gasteiger partial charge in [0.05, 0.1) is 0 Å². The average Bonchev–Trinajstić information content (AvgIpc) is 2.34. The highest BCUT2D eigenvalue weighted by Crippen LogP contribution is 1.96. The zero-order chi connectivity index (χ0) is 6.53. The molecule has 2 nitrogen and oxygen atoms in total. The molecule has 0 spiro atoms. The molecule has 0 radical (unpaired) electrons. The molecular weight excluding hydrogens is 131 g/mol. The van der Waals surface area contributed by atoms with E-state index in [9.17, 15) is 0 Å². The Hall–Kier alpha value is -0.860. The number of hydrogen-bond donors (Lipinski definition) is 1. The third kappa shape index (κ3) is 2.62. The maximum absolute atomic E-state index is 4.10. The number of nitrogens with zero attached hydrogens (tertiary/aromatic N) is 1. The Bertz CT molecular complexity index is 149. The first-order valence-corrected chi connectivity index (χ1v) is 3.41. The van der Waals surface area contributed by atoms with Gasteiger partial charge in [0.1, 0.15) is 5.82 Å². The number of nitrogens with one attached hydrogen (secondary N) is 1. The fourth-order valence-corrected chi connectivity index (χ4v) is 0.779. The van der Waals surface area contributed by atoms with Gasteiger partial charge >= 0.3 is 0 Å². The number of unbranched alkanes of at least 4 members (excludes halogenated alkanes) is 1. The molecule has 0 aromatic carbocycles. The van der Waals surface area contributed by atoms with Gasteiger partial charge in [-0.05, 0) is 6.42 Å². The van der Waals surface area contributed by atoms with E-state index >= 15 is 0 Å². The predicted molar refractivity (Wildman–Crippen MR) is 39.7 cm³/mol. The maximum Gasteiger partial charge on any atom is 0.105 e. The first kappa shape index (κ1) is 9.14. The first-order chi connectivity index (χ1) is 4.43. The van der Waals surface area contributed by atoms with Gasteiger partial charge in [-0.3, -0.25) is 4.70 Å². The minimum absolute atomic E-state index is 0. The quantitative estimate of drug-likeness (QED) is 0.689. The van der Waals surface area contributed by atoms with Crippen LogP contribution >= 0.6 is 0 Å². The van der Waals surface area contributed by atoms with Crippen LogP contribution in [0.5, 0.6) is 0 Å². The van der Waals surface area contributed by atoms with Crippen molar-refractivity contribution in [3.63, 3.8) is 0 Å². The van der Waals surface area contributed by atoms with E-state index in [0.717, 1.165) is 12.2 Å². The molecule has 0 saturated carbocycles. The van der Waals surface area contributed by atoms with Crippen molar-refractivity contribution in [2.45, 2.75) is 26.2 Å². The van der Waals surface area contributed by atoms with E-state index in [2.05, 4.69) is 16.9 Å². The highest BCUT2D eigenvalue weighted by Gasteiger charge is 1.90. The monoisotopic (exact) mass is 144 g/mol. The Kier molecular flexibility index (Phi) is 4.54. The van der Waals surface area contributed by atoms with E-state index in [1.165, 1.54) is 12.8 Å². The number of rotatable bonds is 3. The van der Waals surface area contributed by atoms with Crippen LogP contribution in [-0.4, -0.2) is 9.97 Å². The van der Waals surface area contributed by atoms with Crippen molar-refractivity contribution in [1.82, 2.24) is 9.97 Å². The van der Waals surface area contributed by atoms with E-state index < -0.39 is 0 Å². The summed E-state index contributed by atoms with van der Waals surface area (Å²) in [6, 6.07) is 0. The molecule has 0 saturated heterocycles. The highest BCUT2D eigenvalue weighted by molar-refractivity contribution is 4.86. The van der Waals surface area contributed by atoms with Gasteiger partial charge < -0.3 is 4.98 Å². The molecule has 1 N–H and O–H groups in total. The van der Waals surface area contributed by atoms with Crippen LogP contribution in [0.15, 0.2) is 12.4 Å². The summed E-state index contributed by atoms with van der Waals surface area (Å²) in [5.74, 6) is 1.11. The van der Waals surface area contributed by atoms with E-state index in [1.54, 1.807) is 6.20 Å². The lowest BCUT2D eigenvalue weighted by Gasteiger charge is -1.90. The summed E-state index contributed by atoms with van der Waals surface area (Å²) in [5, 5.41) is 0. The number of imidazole rings is 1. The second kappa shape index (κ2) is 4.97. The normalized spacial score (nSPS) is 8.90. The van der Waals surface area contributed by atoms with E-state index in [-0.39, 0.29) is 4.70 Å². The van der Waals surface area contributed by atoms with Crippen molar-refractivity contribution in [2.75, 3.05) is 0 Å². The van der Waals surface area contributed by atoms with Crippen molar-refractivity contribution in [2.24, 2.45) is 0 Å². The van der Waals surface area contributed by atoms with Crippen LogP contribution in [0.2, 0.25) is 0 Å². The lowest BCUT2D eigenvalue weighted by Crippen LogP contribution is -1.85. The van der Waals surface area contributed by atoms with Crippen LogP contribution in [0.1, 0.15) is 25.6 Å². The summed E-state index contributed by atoms with van der Waals surface area (Å²) >= 11 is 0. The summed E-state index contributed by atoms with van der Waals surface area (Å²) in [7, 11) is 0. The number of hydrogen-bond acceptors (Lipinski definition) is 1. The SMILES string of the molecule is CCCCc1ncc[nH]1.F.